The lowest BCUT2D eigenvalue weighted by atomic mass is 10.1. The molecule has 1 N–H and O–H groups in total. The Morgan fingerprint density at radius 1 is 0.970 bits per heavy atom. The molecule has 2 aliphatic rings. The van der Waals surface area contributed by atoms with Gasteiger partial charge in [0.1, 0.15) is 5.52 Å². The molecule has 6 rings (SSSR count). The van der Waals surface area contributed by atoms with E-state index in [1.807, 2.05) is 18.6 Å². The van der Waals surface area contributed by atoms with Crippen LogP contribution in [-0.4, -0.2) is 76.1 Å². The number of piperidine rings is 1. The van der Waals surface area contributed by atoms with Gasteiger partial charge in [0, 0.05) is 47.9 Å². The van der Waals surface area contributed by atoms with Crippen molar-refractivity contribution in [3.05, 3.63) is 49.1 Å². The van der Waals surface area contributed by atoms with E-state index in [2.05, 4.69) is 67.1 Å². The van der Waals surface area contributed by atoms with Crippen molar-refractivity contribution in [2.75, 3.05) is 51.3 Å². The van der Waals surface area contributed by atoms with Gasteiger partial charge >= 0.3 is 0 Å². The lowest BCUT2D eigenvalue weighted by molar-refractivity contribution is 0.122. The van der Waals surface area contributed by atoms with Gasteiger partial charge in [0.25, 0.3) is 0 Å². The minimum Gasteiger partial charge on any atom is -0.378 e. The summed E-state index contributed by atoms with van der Waals surface area (Å²) >= 11 is 0. The molecule has 8 nitrogen and oxygen atoms in total. The summed E-state index contributed by atoms with van der Waals surface area (Å²) < 4.78 is 7.59. The van der Waals surface area contributed by atoms with E-state index in [4.69, 9.17) is 9.72 Å². The maximum atomic E-state index is 5.46. The number of anilines is 1. The number of benzene rings is 1. The number of H-pyrrole nitrogens is 1. The number of hydrogen-bond acceptors (Lipinski definition) is 6. The van der Waals surface area contributed by atoms with E-state index in [-0.39, 0.29) is 0 Å². The molecule has 0 atom stereocenters. The fraction of sp³-hybridized carbons (Fsp3) is 0.400. The molecule has 0 aliphatic carbocycles. The zero-order valence-corrected chi connectivity index (χ0v) is 18.9. The first-order valence-corrected chi connectivity index (χ1v) is 11.7. The van der Waals surface area contributed by atoms with Crippen LogP contribution in [0.1, 0.15) is 18.9 Å². The predicted octanol–water partition coefficient (Wildman–Crippen LogP) is 3.59. The molecule has 170 valence electrons. The average Bonchev–Trinajstić information content (AvgIpc) is 3.52. The molecule has 0 bridgehead atoms. The molecule has 0 saturated carbocycles. The number of likely N-dealkylation sites (tertiary alicyclic amines) is 1. The molecule has 8 heteroatoms. The van der Waals surface area contributed by atoms with Crippen molar-refractivity contribution >= 4 is 16.9 Å². The Hall–Kier alpha value is -3.23. The number of aromatic nitrogens is 5. The van der Waals surface area contributed by atoms with Gasteiger partial charge in [-0.25, -0.2) is 9.97 Å². The van der Waals surface area contributed by atoms with E-state index < -0.39 is 0 Å². The number of ether oxygens (including phenoxy) is 1. The Balaban J connectivity index is 1.27. The monoisotopic (exact) mass is 443 g/mol. The summed E-state index contributed by atoms with van der Waals surface area (Å²) in [4.78, 5) is 17.6. The topological polar surface area (TPSA) is 75.1 Å². The Labute approximate surface area is 193 Å². The molecule has 2 saturated heterocycles. The van der Waals surface area contributed by atoms with E-state index in [1.165, 1.54) is 5.69 Å². The van der Waals surface area contributed by atoms with Crippen LogP contribution in [0.15, 0.2) is 49.1 Å². The number of nitrogens with one attached hydrogen (secondary N) is 1. The highest BCUT2D eigenvalue weighted by molar-refractivity contribution is 5.91. The molecule has 1 aromatic carbocycles. The summed E-state index contributed by atoms with van der Waals surface area (Å²) in [7, 11) is 2.18. The van der Waals surface area contributed by atoms with Crippen molar-refractivity contribution in [1.82, 2.24) is 29.6 Å². The minimum atomic E-state index is 0.465. The first kappa shape index (κ1) is 20.4. The van der Waals surface area contributed by atoms with Crippen LogP contribution in [0.3, 0.4) is 0 Å². The number of fused-ring (bicyclic) bond motifs is 1. The first-order chi connectivity index (χ1) is 16.2. The fourth-order valence-electron chi connectivity index (χ4n) is 4.85. The molecule has 0 amide bonds. The number of hydrogen-bond donors (Lipinski definition) is 1. The van der Waals surface area contributed by atoms with Crippen LogP contribution in [0.25, 0.3) is 33.5 Å². The number of morpholine rings is 1. The fourth-order valence-corrected chi connectivity index (χ4v) is 4.85. The van der Waals surface area contributed by atoms with Crippen LogP contribution >= 0.6 is 0 Å². The molecule has 0 radical (unpaired) electrons. The van der Waals surface area contributed by atoms with Crippen LogP contribution in [0, 0.1) is 0 Å². The van der Waals surface area contributed by atoms with E-state index >= 15 is 0 Å². The van der Waals surface area contributed by atoms with Gasteiger partial charge in [-0.1, -0.05) is 12.1 Å². The minimum absolute atomic E-state index is 0.465. The van der Waals surface area contributed by atoms with Crippen molar-refractivity contribution in [3.63, 3.8) is 0 Å². The predicted molar refractivity (Wildman–Crippen MR) is 129 cm³/mol. The van der Waals surface area contributed by atoms with Crippen molar-refractivity contribution in [2.24, 2.45) is 0 Å². The van der Waals surface area contributed by atoms with Crippen molar-refractivity contribution in [1.29, 1.82) is 0 Å². The molecular formula is C25H29N7O. The molecule has 4 aromatic rings. The summed E-state index contributed by atoms with van der Waals surface area (Å²) in [6, 6.07) is 9.05. The highest BCUT2D eigenvalue weighted by Gasteiger charge is 2.20. The van der Waals surface area contributed by atoms with Gasteiger partial charge in [-0.2, -0.15) is 5.10 Å². The van der Waals surface area contributed by atoms with E-state index in [1.54, 1.807) is 0 Å². The first-order valence-electron chi connectivity index (χ1n) is 11.7. The average molecular weight is 444 g/mol. The summed E-state index contributed by atoms with van der Waals surface area (Å²) in [6.45, 7) is 5.67. The molecule has 3 aromatic heterocycles. The maximum Gasteiger partial charge on any atom is 0.156 e. The van der Waals surface area contributed by atoms with Gasteiger partial charge in [0.05, 0.1) is 37.3 Å². The van der Waals surface area contributed by atoms with Crippen LogP contribution in [-0.2, 0) is 4.74 Å². The highest BCUT2D eigenvalue weighted by atomic mass is 16.5. The number of nitrogens with zero attached hydrogens (tertiary/aromatic N) is 6. The van der Waals surface area contributed by atoms with Crippen LogP contribution < -0.4 is 4.90 Å². The lowest BCUT2D eigenvalue weighted by Crippen LogP contribution is -2.36. The Morgan fingerprint density at radius 3 is 2.55 bits per heavy atom. The van der Waals surface area contributed by atoms with Crippen LogP contribution in [0.5, 0.6) is 0 Å². The number of aromatic amines is 1. The Kier molecular flexibility index (Phi) is 5.32. The third-order valence-electron chi connectivity index (χ3n) is 6.89. The molecule has 0 spiro atoms. The SMILES string of the molecule is CN1CCC(n2cc(-c3c[nH]c4ncc(-c5ccc(N6CCOCC6)cc5)nc34)cn2)CC1. The van der Waals surface area contributed by atoms with Crippen LogP contribution in [0.4, 0.5) is 5.69 Å². The second kappa shape index (κ2) is 8.61. The van der Waals surface area contributed by atoms with Gasteiger partial charge in [0.2, 0.25) is 0 Å². The molecule has 2 aliphatic heterocycles. The molecule has 2 fully saturated rings. The summed E-state index contributed by atoms with van der Waals surface area (Å²) in [5.74, 6) is 0. The van der Waals surface area contributed by atoms with Crippen molar-refractivity contribution < 1.29 is 4.74 Å². The molecule has 33 heavy (non-hydrogen) atoms. The number of rotatable bonds is 4. The molecular weight excluding hydrogens is 414 g/mol. The largest absolute Gasteiger partial charge is 0.378 e. The zero-order valence-electron chi connectivity index (χ0n) is 18.9. The molecule has 0 unspecified atom stereocenters. The van der Waals surface area contributed by atoms with Crippen molar-refractivity contribution in [3.8, 4) is 22.4 Å². The summed E-state index contributed by atoms with van der Waals surface area (Å²) in [5, 5.41) is 4.68. The molecule has 5 heterocycles. The third kappa shape index (κ3) is 4.00. The standard InChI is InChI=1S/C25H29N7O/c1-30-8-6-21(7-9-30)32-17-19(14-28-32)22-15-26-25-24(22)29-23(16-27-25)18-2-4-20(5-3-18)31-10-12-33-13-11-31/h2-5,14-17,21H,6-13H2,1H3,(H,26,27). The third-order valence-corrected chi connectivity index (χ3v) is 6.89. The Bertz CT molecular complexity index is 1230. The maximum absolute atomic E-state index is 5.46. The van der Waals surface area contributed by atoms with Gasteiger partial charge in [-0.05, 0) is 45.1 Å². The van der Waals surface area contributed by atoms with Gasteiger partial charge in [-0.15, -0.1) is 0 Å². The second-order valence-electron chi connectivity index (χ2n) is 9.04. The normalized spacial score (nSPS) is 18.3. The summed E-state index contributed by atoms with van der Waals surface area (Å²) in [6.07, 6.45) is 10.2. The van der Waals surface area contributed by atoms with E-state index in [0.717, 1.165) is 85.8 Å². The highest BCUT2D eigenvalue weighted by Crippen LogP contribution is 2.30. The van der Waals surface area contributed by atoms with E-state index in [0.29, 0.717) is 6.04 Å². The van der Waals surface area contributed by atoms with Gasteiger partial charge in [0.15, 0.2) is 5.65 Å². The van der Waals surface area contributed by atoms with Gasteiger partial charge in [-0.3, -0.25) is 4.68 Å². The smallest absolute Gasteiger partial charge is 0.156 e. The van der Waals surface area contributed by atoms with E-state index in [9.17, 15) is 0 Å². The lowest BCUT2D eigenvalue weighted by Gasteiger charge is -2.28. The summed E-state index contributed by atoms with van der Waals surface area (Å²) in [5.41, 5.74) is 6.96. The van der Waals surface area contributed by atoms with Gasteiger partial charge < -0.3 is 19.5 Å². The second-order valence-corrected chi connectivity index (χ2v) is 9.04. The van der Waals surface area contributed by atoms with Crippen LogP contribution in [0.2, 0.25) is 0 Å². The quantitative estimate of drug-likeness (QED) is 0.520. The van der Waals surface area contributed by atoms with Crippen molar-refractivity contribution in [2.45, 2.75) is 18.9 Å². The Morgan fingerprint density at radius 2 is 1.76 bits per heavy atom. The zero-order chi connectivity index (χ0) is 22.2.